The molecule has 1 aromatic heterocycles. The van der Waals surface area contributed by atoms with Crippen LogP contribution in [0.3, 0.4) is 0 Å². The van der Waals surface area contributed by atoms with Gasteiger partial charge in [-0.15, -0.1) is 0 Å². The molecule has 3 aromatic carbocycles. The predicted molar refractivity (Wildman–Crippen MR) is 115 cm³/mol. The van der Waals surface area contributed by atoms with Gasteiger partial charge in [-0.05, 0) is 48.0 Å². The Labute approximate surface area is 172 Å². The second-order valence-corrected chi connectivity index (χ2v) is 6.77. The predicted octanol–water partition coefficient (Wildman–Crippen LogP) is 5.79. The van der Waals surface area contributed by atoms with Gasteiger partial charge in [-0.25, -0.2) is 9.37 Å². The van der Waals surface area contributed by atoms with Crippen molar-refractivity contribution < 1.29 is 9.13 Å². The van der Waals surface area contributed by atoms with Gasteiger partial charge >= 0.3 is 0 Å². The highest BCUT2D eigenvalue weighted by atomic mass is 35.5. The number of methoxy groups -OCH3 is 1. The summed E-state index contributed by atoms with van der Waals surface area (Å²) in [5.41, 5.74) is 2.49. The van der Waals surface area contributed by atoms with Gasteiger partial charge in [-0.2, -0.15) is 4.98 Å². The van der Waals surface area contributed by atoms with Crippen LogP contribution in [0.4, 0.5) is 21.8 Å². The van der Waals surface area contributed by atoms with Crippen LogP contribution in [-0.4, -0.2) is 17.1 Å². The molecule has 0 saturated heterocycles. The molecule has 0 saturated carbocycles. The second kappa shape index (κ2) is 8.32. The molecule has 4 aromatic rings. The van der Waals surface area contributed by atoms with Gasteiger partial charge in [0.05, 0.1) is 17.6 Å². The lowest BCUT2D eigenvalue weighted by molar-refractivity contribution is 0.415. The minimum atomic E-state index is -0.258. The van der Waals surface area contributed by atoms with Gasteiger partial charge in [0.15, 0.2) is 0 Å². The molecule has 0 aliphatic rings. The van der Waals surface area contributed by atoms with Crippen LogP contribution in [0, 0.1) is 5.82 Å². The minimum Gasteiger partial charge on any atom is -0.495 e. The van der Waals surface area contributed by atoms with Crippen molar-refractivity contribution in [3.05, 3.63) is 83.1 Å². The quantitative estimate of drug-likeness (QED) is 0.423. The van der Waals surface area contributed by atoms with Crippen LogP contribution in [0.2, 0.25) is 5.02 Å². The number of aromatic nitrogens is 2. The van der Waals surface area contributed by atoms with E-state index in [1.807, 2.05) is 30.3 Å². The highest BCUT2D eigenvalue weighted by molar-refractivity contribution is 6.32. The van der Waals surface area contributed by atoms with Crippen molar-refractivity contribution in [3.63, 3.8) is 0 Å². The van der Waals surface area contributed by atoms with Crippen molar-refractivity contribution in [2.24, 2.45) is 0 Å². The molecule has 0 atom stereocenters. The molecule has 1 heterocycles. The van der Waals surface area contributed by atoms with Gasteiger partial charge in [-0.3, -0.25) is 0 Å². The summed E-state index contributed by atoms with van der Waals surface area (Å²) in [5, 5.41) is 7.89. The molecule has 0 fully saturated rings. The highest BCUT2D eigenvalue weighted by Gasteiger charge is 2.09. The maximum atomic E-state index is 13.1. The number of hydrogen-bond acceptors (Lipinski definition) is 5. The van der Waals surface area contributed by atoms with E-state index in [1.54, 1.807) is 31.4 Å². The molecule has 0 bridgehead atoms. The minimum absolute atomic E-state index is 0.258. The van der Waals surface area contributed by atoms with Gasteiger partial charge in [0.2, 0.25) is 5.95 Å². The van der Waals surface area contributed by atoms with Crippen molar-refractivity contribution in [1.82, 2.24) is 9.97 Å². The molecule has 2 N–H and O–H groups in total. The summed E-state index contributed by atoms with van der Waals surface area (Å²) in [4.78, 5) is 9.20. The largest absolute Gasteiger partial charge is 0.495 e. The first-order valence-electron chi connectivity index (χ1n) is 8.98. The molecular weight excluding hydrogens is 391 g/mol. The van der Waals surface area contributed by atoms with E-state index in [9.17, 15) is 4.39 Å². The summed E-state index contributed by atoms with van der Waals surface area (Å²) in [6, 6.07) is 19.5. The van der Waals surface area contributed by atoms with E-state index >= 15 is 0 Å². The lowest BCUT2D eigenvalue weighted by atomic mass is 10.2. The number of anilines is 3. The third-order valence-electron chi connectivity index (χ3n) is 4.38. The summed E-state index contributed by atoms with van der Waals surface area (Å²) >= 11 is 6.21. The number of para-hydroxylation sites is 1. The van der Waals surface area contributed by atoms with E-state index in [-0.39, 0.29) is 5.82 Å². The standard InChI is InChI=1S/C22H18ClFN4O/c1-29-20-11-10-16(12-18(20)23)26-22-27-19-5-3-2-4-17(19)21(28-22)25-13-14-6-8-15(24)9-7-14/h2-12H,13H2,1H3,(H2,25,26,27,28). The first kappa shape index (κ1) is 19.0. The lowest BCUT2D eigenvalue weighted by Crippen LogP contribution is -2.06. The summed E-state index contributed by atoms with van der Waals surface area (Å²) in [6.45, 7) is 0.509. The van der Waals surface area contributed by atoms with Crippen LogP contribution >= 0.6 is 11.6 Å². The fraction of sp³-hybridized carbons (Fsp3) is 0.0909. The number of rotatable bonds is 6. The van der Waals surface area contributed by atoms with Crippen LogP contribution in [0.5, 0.6) is 5.75 Å². The Morgan fingerprint density at radius 3 is 2.55 bits per heavy atom. The second-order valence-electron chi connectivity index (χ2n) is 6.37. The number of hydrogen-bond donors (Lipinski definition) is 2. The first-order chi connectivity index (χ1) is 14.1. The Balaban J connectivity index is 1.63. The number of benzene rings is 3. The molecule has 5 nitrogen and oxygen atoms in total. The average Bonchev–Trinajstić information content (AvgIpc) is 2.73. The molecule has 29 heavy (non-hydrogen) atoms. The molecule has 146 valence electrons. The van der Waals surface area contributed by atoms with Crippen LogP contribution in [0.1, 0.15) is 5.56 Å². The fourth-order valence-corrected chi connectivity index (χ4v) is 3.19. The number of halogens is 2. The summed E-state index contributed by atoms with van der Waals surface area (Å²) in [7, 11) is 1.57. The van der Waals surface area contributed by atoms with Crippen molar-refractivity contribution >= 4 is 40.0 Å². The van der Waals surface area contributed by atoms with Crippen molar-refractivity contribution in [3.8, 4) is 5.75 Å². The number of nitrogens with one attached hydrogen (secondary N) is 2. The molecule has 0 unspecified atom stereocenters. The number of fused-ring (bicyclic) bond motifs is 1. The number of nitrogens with zero attached hydrogens (tertiary/aromatic N) is 2. The Bertz CT molecular complexity index is 1150. The van der Waals surface area contributed by atoms with E-state index in [0.717, 1.165) is 22.2 Å². The molecule has 0 aliphatic carbocycles. The van der Waals surface area contributed by atoms with E-state index in [1.165, 1.54) is 12.1 Å². The maximum absolute atomic E-state index is 13.1. The molecule has 4 rings (SSSR count). The van der Waals surface area contributed by atoms with Gasteiger partial charge < -0.3 is 15.4 Å². The van der Waals surface area contributed by atoms with Crippen molar-refractivity contribution in [2.45, 2.75) is 6.54 Å². The molecular formula is C22H18ClFN4O. The van der Waals surface area contributed by atoms with Crippen LogP contribution < -0.4 is 15.4 Å². The molecule has 0 amide bonds. The zero-order valence-electron chi connectivity index (χ0n) is 15.6. The maximum Gasteiger partial charge on any atom is 0.229 e. The highest BCUT2D eigenvalue weighted by Crippen LogP contribution is 2.29. The van der Waals surface area contributed by atoms with E-state index in [4.69, 9.17) is 16.3 Å². The van der Waals surface area contributed by atoms with Crippen LogP contribution in [0.25, 0.3) is 10.9 Å². The van der Waals surface area contributed by atoms with Crippen molar-refractivity contribution in [2.75, 3.05) is 17.7 Å². The Kier molecular flexibility index (Phi) is 5.44. The van der Waals surface area contributed by atoms with Crippen LogP contribution in [0.15, 0.2) is 66.7 Å². The molecule has 0 spiro atoms. The zero-order chi connectivity index (χ0) is 20.2. The van der Waals surface area contributed by atoms with E-state index in [0.29, 0.717) is 29.1 Å². The summed E-state index contributed by atoms with van der Waals surface area (Å²) in [5.74, 6) is 1.46. The van der Waals surface area contributed by atoms with Crippen molar-refractivity contribution in [1.29, 1.82) is 0 Å². The monoisotopic (exact) mass is 408 g/mol. The third-order valence-corrected chi connectivity index (χ3v) is 4.68. The smallest absolute Gasteiger partial charge is 0.229 e. The molecule has 7 heteroatoms. The Hall–Kier alpha value is -3.38. The average molecular weight is 409 g/mol. The summed E-state index contributed by atoms with van der Waals surface area (Å²) in [6.07, 6.45) is 0. The van der Waals surface area contributed by atoms with Crippen LogP contribution in [-0.2, 0) is 6.54 Å². The SMILES string of the molecule is COc1ccc(Nc2nc(NCc3ccc(F)cc3)c3ccccc3n2)cc1Cl. The first-order valence-corrected chi connectivity index (χ1v) is 9.36. The van der Waals surface area contributed by atoms with E-state index in [2.05, 4.69) is 20.6 Å². The van der Waals surface area contributed by atoms with Gasteiger partial charge in [-0.1, -0.05) is 35.9 Å². The fourth-order valence-electron chi connectivity index (χ4n) is 2.93. The lowest BCUT2D eigenvalue weighted by Gasteiger charge is -2.13. The third kappa shape index (κ3) is 4.38. The zero-order valence-corrected chi connectivity index (χ0v) is 16.4. The topological polar surface area (TPSA) is 59.1 Å². The summed E-state index contributed by atoms with van der Waals surface area (Å²) < 4.78 is 18.3. The van der Waals surface area contributed by atoms with E-state index < -0.39 is 0 Å². The number of ether oxygens (including phenoxy) is 1. The van der Waals surface area contributed by atoms with Gasteiger partial charge in [0.1, 0.15) is 17.4 Å². The Morgan fingerprint density at radius 1 is 1.00 bits per heavy atom. The normalized spacial score (nSPS) is 10.7. The molecule has 0 aliphatic heterocycles. The Morgan fingerprint density at radius 2 is 1.79 bits per heavy atom. The molecule has 0 radical (unpaired) electrons. The van der Waals surface area contributed by atoms with Gasteiger partial charge in [0, 0.05) is 17.6 Å². The van der Waals surface area contributed by atoms with Gasteiger partial charge in [0.25, 0.3) is 0 Å².